The minimum atomic E-state index is -0.693. The highest BCUT2D eigenvalue weighted by molar-refractivity contribution is 6.35. The van der Waals surface area contributed by atoms with E-state index < -0.39 is 11.4 Å². The van der Waals surface area contributed by atoms with Crippen molar-refractivity contribution in [2.75, 3.05) is 0 Å². The first kappa shape index (κ1) is 15.7. The van der Waals surface area contributed by atoms with E-state index in [4.69, 9.17) is 23.2 Å². The predicted molar refractivity (Wildman–Crippen MR) is 82.5 cm³/mol. The Labute approximate surface area is 130 Å². The lowest BCUT2D eigenvalue weighted by atomic mass is 9.66. The van der Waals surface area contributed by atoms with Crippen LogP contribution in [0.1, 0.15) is 44.6 Å². The maximum absolute atomic E-state index is 11.9. The van der Waals surface area contributed by atoms with Crippen LogP contribution in [0.25, 0.3) is 0 Å². The van der Waals surface area contributed by atoms with Crippen molar-refractivity contribution in [3.05, 3.63) is 33.8 Å². The summed E-state index contributed by atoms with van der Waals surface area (Å²) < 4.78 is 0. The molecule has 1 aliphatic rings. The van der Waals surface area contributed by atoms with Crippen molar-refractivity contribution >= 4 is 29.2 Å². The molecule has 0 bridgehead atoms. The second-order valence-electron chi connectivity index (χ2n) is 5.87. The molecule has 20 heavy (non-hydrogen) atoms. The van der Waals surface area contributed by atoms with Gasteiger partial charge in [-0.1, -0.05) is 55.5 Å². The summed E-state index contributed by atoms with van der Waals surface area (Å²) in [5.41, 5.74) is 0.214. The van der Waals surface area contributed by atoms with E-state index in [1.165, 1.54) is 0 Å². The molecule has 2 nitrogen and oxygen atoms in total. The molecule has 2 unspecified atom stereocenters. The Kier molecular flexibility index (Phi) is 4.98. The molecule has 0 aliphatic heterocycles. The fourth-order valence-corrected chi connectivity index (χ4v) is 3.77. The van der Waals surface area contributed by atoms with Gasteiger partial charge < -0.3 is 5.11 Å². The van der Waals surface area contributed by atoms with Crippen LogP contribution in [0.4, 0.5) is 0 Å². The molecule has 1 aliphatic carbocycles. The van der Waals surface area contributed by atoms with Crippen LogP contribution < -0.4 is 0 Å². The first-order valence-corrected chi connectivity index (χ1v) is 7.90. The van der Waals surface area contributed by atoms with Crippen LogP contribution >= 0.6 is 23.2 Å². The molecule has 1 fully saturated rings. The van der Waals surface area contributed by atoms with E-state index >= 15 is 0 Å². The molecule has 1 aromatic carbocycles. The lowest BCUT2D eigenvalue weighted by Gasteiger charge is -2.37. The van der Waals surface area contributed by atoms with Gasteiger partial charge in [-0.3, -0.25) is 4.79 Å². The maximum atomic E-state index is 11.9. The third-order valence-electron chi connectivity index (χ3n) is 4.52. The standard InChI is InChI=1S/C16H20Cl2O2/c1-2-11-4-3-7-16(9-11,15(19)20)10-12-5-6-13(17)8-14(12)18/h5-6,8,11H,2-4,7,9-10H2,1H3,(H,19,20). The second-order valence-corrected chi connectivity index (χ2v) is 6.71. The van der Waals surface area contributed by atoms with E-state index in [9.17, 15) is 9.90 Å². The minimum Gasteiger partial charge on any atom is -0.481 e. The van der Waals surface area contributed by atoms with Crippen molar-refractivity contribution in [3.8, 4) is 0 Å². The molecule has 1 aromatic rings. The summed E-state index contributed by atoms with van der Waals surface area (Å²) in [6, 6.07) is 5.32. The zero-order valence-corrected chi connectivity index (χ0v) is 13.2. The topological polar surface area (TPSA) is 37.3 Å². The van der Waals surface area contributed by atoms with Crippen LogP contribution in [0.5, 0.6) is 0 Å². The molecule has 1 saturated carbocycles. The number of aliphatic carboxylic acids is 1. The van der Waals surface area contributed by atoms with Gasteiger partial charge in [0.15, 0.2) is 0 Å². The van der Waals surface area contributed by atoms with E-state index in [1.807, 2.05) is 6.07 Å². The highest BCUT2D eigenvalue weighted by atomic mass is 35.5. The zero-order chi connectivity index (χ0) is 14.8. The molecule has 110 valence electrons. The number of carbonyl (C=O) groups is 1. The molecule has 0 heterocycles. The smallest absolute Gasteiger partial charge is 0.309 e. The number of carboxylic acids is 1. The highest BCUT2D eigenvalue weighted by Gasteiger charge is 2.42. The lowest BCUT2D eigenvalue weighted by molar-refractivity contribution is -0.152. The van der Waals surface area contributed by atoms with Gasteiger partial charge in [-0.25, -0.2) is 0 Å². The van der Waals surface area contributed by atoms with Crippen LogP contribution in [-0.4, -0.2) is 11.1 Å². The molecule has 0 aromatic heterocycles. The molecular formula is C16H20Cl2O2. The Hall–Kier alpha value is -0.730. The van der Waals surface area contributed by atoms with Crippen molar-refractivity contribution in [2.45, 2.75) is 45.4 Å². The Morgan fingerprint density at radius 1 is 1.45 bits per heavy atom. The number of hydrogen-bond acceptors (Lipinski definition) is 1. The third-order valence-corrected chi connectivity index (χ3v) is 5.11. The van der Waals surface area contributed by atoms with Gasteiger partial charge in [0.05, 0.1) is 5.41 Å². The van der Waals surface area contributed by atoms with Gasteiger partial charge in [0, 0.05) is 10.0 Å². The number of rotatable bonds is 4. The van der Waals surface area contributed by atoms with Crippen molar-refractivity contribution < 1.29 is 9.90 Å². The number of carboxylic acid groups (broad SMARTS) is 1. The van der Waals surface area contributed by atoms with Gasteiger partial charge in [-0.05, 0) is 42.9 Å². The van der Waals surface area contributed by atoms with Crippen LogP contribution in [0.15, 0.2) is 18.2 Å². The number of hydrogen-bond donors (Lipinski definition) is 1. The van der Waals surface area contributed by atoms with Gasteiger partial charge in [-0.2, -0.15) is 0 Å². The molecule has 0 saturated heterocycles. The summed E-state index contributed by atoms with van der Waals surface area (Å²) in [6.45, 7) is 2.14. The van der Waals surface area contributed by atoms with Crippen molar-refractivity contribution in [1.29, 1.82) is 0 Å². The van der Waals surface area contributed by atoms with Crippen molar-refractivity contribution in [2.24, 2.45) is 11.3 Å². The molecule has 0 spiro atoms. The molecule has 0 amide bonds. The quantitative estimate of drug-likeness (QED) is 0.828. The summed E-state index contributed by atoms with van der Waals surface area (Å²) in [5.74, 6) is -0.187. The number of benzene rings is 1. The zero-order valence-electron chi connectivity index (χ0n) is 11.7. The summed E-state index contributed by atoms with van der Waals surface area (Å²) in [6.07, 6.45) is 5.14. The molecule has 1 N–H and O–H groups in total. The van der Waals surface area contributed by atoms with E-state index in [0.29, 0.717) is 22.4 Å². The second kappa shape index (κ2) is 6.36. The highest BCUT2D eigenvalue weighted by Crippen LogP contribution is 2.44. The predicted octanol–water partition coefficient (Wildman–Crippen LogP) is 5.21. The van der Waals surface area contributed by atoms with Gasteiger partial charge in [0.25, 0.3) is 0 Å². The van der Waals surface area contributed by atoms with E-state index in [0.717, 1.165) is 37.7 Å². The Balaban J connectivity index is 2.27. The molecular weight excluding hydrogens is 295 g/mol. The first-order valence-electron chi connectivity index (χ1n) is 7.14. The summed E-state index contributed by atoms with van der Waals surface area (Å²) in [5, 5.41) is 10.9. The Bertz CT molecular complexity index is 501. The monoisotopic (exact) mass is 314 g/mol. The van der Waals surface area contributed by atoms with Crippen molar-refractivity contribution in [1.82, 2.24) is 0 Å². The van der Waals surface area contributed by atoms with Gasteiger partial charge >= 0.3 is 5.97 Å². The number of halogens is 2. The van der Waals surface area contributed by atoms with Crippen molar-refractivity contribution in [3.63, 3.8) is 0 Å². The SMILES string of the molecule is CCC1CCCC(Cc2ccc(Cl)cc2Cl)(C(=O)O)C1. The average Bonchev–Trinajstić information content (AvgIpc) is 2.42. The molecule has 2 atom stereocenters. The largest absolute Gasteiger partial charge is 0.481 e. The van der Waals surface area contributed by atoms with Gasteiger partial charge in [0.2, 0.25) is 0 Å². The Morgan fingerprint density at radius 3 is 2.80 bits per heavy atom. The lowest BCUT2D eigenvalue weighted by Crippen LogP contribution is -2.38. The van der Waals surface area contributed by atoms with Crippen LogP contribution in [0.2, 0.25) is 10.0 Å². The van der Waals surface area contributed by atoms with Gasteiger partial charge in [-0.15, -0.1) is 0 Å². The average molecular weight is 315 g/mol. The Morgan fingerprint density at radius 2 is 2.20 bits per heavy atom. The third kappa shape index (κ3) is 3.29. The molecule has 0 radical (unpaired) electrons. The normalized spacial score (nSPS) is 26.4. The fourth-order valence-electron chi connectivity index (χ4n) is 3.29. The summed E-state index contributed by atoms with van der Waals surface area (Å²) >= 11 is 12.1. The van der Waals surface area contributed by atoms with E-state index in [-0.39, 0.29) is 0 Å². The molecule has 4 heteroatoms. The van der Waals surface area contributed by atoms with Crippen LogP contribution in [0, 0.1) is 11.3 Å². The summed E-state index contributed by atoms with van der Waals surface area (Å²) in [7, 11) is 0. The maximum Gasteiger partial charge on any atom is 0.309 e. The summed E-state index contributed by atoms with van der Waals surface area (Å²) in [4.78, 5) is 11.9. The van der Waals surface area contributed by atoms with Gasteiger partial charge in [0.1, 0.15) is 0 Å². The van der Waals surface area contributed by atoms with E-state index in [2.05, 4.69) is 6.92 Å². The van der Waals surface area contributed by atoms with Crippen LogP contribution in [0.3, 0.4) is 0 Å². The molecule has 2 rings (SSSR count). The van der Waals surface area contributed by atoms with E-state index in [1.54, 1.807) is 12.1 Å². The fraction of sp³-hybridized carbons (Fsp3) is 0.562. The minimum absolute atomic E-state index is 0.495. The van der Waals surface area contributed by atoms with Crippen LogP contribution in [-0.2, 0) is 11.2 Å². The first-order chi connectivity index (χ1) is 9.47.